The summed E-state index contributed by atoms with van der Waals surface area (Å²) < 4.78 is 38.3. The molecular formula is C23H22N2O5S. The zero-order chi connectivity index (χ0) is 22.0. The van der Waals surface area contributed by atoms with E-state index in [1.807, 2.05) is 18.2 Å². The van der Waals surface area contributed by atoms with Crippen LogP contribution in [0, 0.1) is 0 Å². The van der Waals surface area contributed by atoms with Gasteiger partial charge in [-0.25, -0.2) is 8.42 Å². The molecule has 7 nitrogen and oxygen atoms in total. The first-order valence-corrected chi connectivity index (χ1v) is 11.1. The van der Waals surface area contributed by atoms with Crippen LogP contribution in [0.1, 0.15) is 15.9 Å². The molecule has 4 rings (SSSR count). The van der Waals surface area contributed by atoms with Gasteiger partial charge in [-0.15, -0.1) is 0 Å². The van der Waals surface area contributed by atoms with Crippen LogP contribution in [0.15, 0.2) is 71.6 Å². The van der Waals surface area contributed by atoms with Gasteiger partial charge in [0.15, 0.2) is 11.5 Å². The van der Waals surface area contributed by atoms with Gasteiger partial charge in [-0.3, -0.25) is 9.10 Å². The Bertz CT molecular complexity index is 1240. The molecule has 0 saturated carbocycles. The van der Waals surface area contributed by atoms with Crippen LogP contribution in [0.2, 0.25) is 0 Å². The van der Waals surface area contributed by atoms with Gasteiger partial charge in [-0.2, -0.15) is 0 Å². The van der Waals surface area contributed by atoms with Crippen molar-refractivity contribution in [3.8, 4) is 11.5 Å². The molecule has 0 aromatic heterocycles. The summed E-state index contributed by atoms with van der Waals surface area (Å²) in [6.07, 6.45) is 0.662. The molecule has 3 aromatic rings. The van der Waals surface area contributed by atoms with Crippen molar-refractivity contribution >= 4 is 27.3 Å². The fourth-order valence-electron chi connectivity index (χ4n) is 3.60. The predicted octanol–water partition coefficient (Wildman–Crippen LogP) is 3.71. The number of hydrogen-bond acceptors (Lipinski definition) is 5. The third-order valence-corrected chi connectivity index (χ3v) is 6.98. The Morgan fingerprint density at radius 1 is 0.935 bits per heavy atom. The smallest absolute Gasteiger partial charge is 0.264 e. The zero-order valence-corrected chi connectivity index (χ0v) is 18.0. The average Bonchev–Trinajstić information content (AvgIpc) is 3.24. The summed E-state index contributed by atoms with van der Waals surface area (Å²) in [6.45, 7) is 0.379. The monoisotopic (exact) mass is 438 g/mol. The number of para-hydroxylation sites is 1. The van der Waals surface area contributed by atoms with Crippen LogP contribution >= 0.6 is 0 Å². The molecule has 0 bridgehead atoms. The molecule has 160 valence electrons. The predicted molar refractivity (Wildman–Crippen MR) is 119 cm³/mol. The van der Waals surface area contributed by atoms with E-state index in [-0.39, 0.29) is 10.5 Å². The van der Waals surface area contributed by atoms with E-state index in [1.165, 1.54) is 30.7 Å². The fourth-order valence-corrected chi connectivity index (χ4v) is 5.15. The summed E-state index contributed by atoms with van der Waals surface area (Å²) in [6, 6.07) is 18.5. The van der Waals surface area contributed by atoms with Crippen molar-refractivity contribution in [1.82, 2.24) is 0 Å². The molecular weight excluding hydrogens is 416 g/mol. The van der Waals surface area contributed by atoms with E-state index in [2.05, 4.69) is 5.32 Å². The largest absolute Gasteiger partial charge is 0.493 e. The van der Waals surface area contributed by atoms with Crippen molar-refractivity contribution < 1.29 is 22.7 Å². The van der Waals surface area contributed by atoms with Crippen molar-refractivity contribution in [2.75, 3.05) is 30.4 Å². The highest BCUT2D eigenvalue weighted by Gasteiger charge is 2.31. The number of amides is 1. The number of fused-ring (bicyclic) bond motifs is 1. The third kappa shape index (κ3) is 3.94. The first-order valence-electron chi connectivity index (χ1n) is 9.68. The van der Waals surface area contributed by atoms with Gasteiger partial charge in [0.1, 0.15) is 0 Å². The molecule has 1 aliphatic heterocycles. The molecule has 0 spiro atoms. The van der Waals surface area contributed by atoms with E-state index >= 15 is 0 Å². The molecule has 0 fully saturated rings. The maximum absolute atomic E-state index is 13.2. The lowest BCUT2D eigenvalue weighted by molar-refractivity contribution is 0.102. The number of sulfonamides is 1. The SMILES string of the molecule is COc1ccc(NC(=O)c2cccc(S(=O)(=O)N3CCc4ccccc43)c2)cc1OC. The van der Waals surface area contributed by atoms with Crippen LogP contribution in [0.25, 0.3) is 0 Å². The summed E-state index contributed by atoms with van der Waals surface area (Å²) in [7, 11) is -0.747. The maximum atomic E-state index is 13.2. The number of carbonyl (C=O) groups is 1. The minimum atomic E-state index is -3.78. The van der Waals surface area contributed by atoms with Gasteiger partial charge in [-0.1, -0.05) is 24.3 Å². The highest BCUT2D eigenvalue weighted by atomic mass is 32.2. The van der Waals surface area contributed by atoms with E-state index in [0.717, 1.165) is 5.56 Å². The first-order chi connectivity index (χ1) is 14.9. The minimum Gasteiger partial charge on any atom is -0.493 e. The molecule has 0 unspecified atom stereocenters. The number of carbonyl (C=O) groups excluding carboxylic acids is 1. The molecule has 1 aliphatic rings. The second kappa shape index (κ2) is 8.31. The summed E-state index contributed by atoms with van der Waals surface area (Å²) in [5.74, 6) is 0.593. The minimum absolute atomic E-state index is 0.0733. The highest BCUT2D eigenvalue weighted by Crippen LogP contribution is 2.33. The van der Waals surface area contributed by atoms with E-state index in [1.54, 1.807) is 36.4 Å². The lowest BCUT2D eigenvalue weighted by Crippen LogP contribution is -2.29. The molecule has 1 amide bonds. The van der Waals surface area contributed by atoms with Gasteiger partial charge in [-0.05, 0) is 48.4 Å². The third-order valence-electron chi connectivity index (χ3n) is 5.17. The Labute approximate surface area is 181 Å². The van der Waals surface area contributed by atoms with Crippen molar-refractivity contribution in [2.24, 2.45) is 0 Å². The summed E-state index contributed by atoms with van der Waals surface area (Å²) in [5, 5.41) is 2.77. The Morgan fingerprint density at radius 3 is 2.48 bits per heavy atom. The zero-order valence-electron chi connectivity index (χ0n) is 17.2. The Morgan fingerprint density at radius 2 is 1.71 bits per heavy atom. The number of nitrogens with one attached hydrogen (secondary N) is 1. The van der Waals surface area contributed by atoms with Gasteiger partial charge in [0.2, 0.25) is 0 Å². The summed E-state index contributed by atoms with van der Waals surface area (Å²) >= 11 is 0. The number of anilines is 2. The lowest BCUT2D eigenvalue weighted by atomic mass is 10.2. The Hall–Kier alpha value is -3.52. The van der Waals surface area contributed by atoms with E-state index in [9.17, 15) is 13.2 Å². The molecule has 1 N–H and O–H groups in total. The van der Waals surface area contributed by atoms with Crippen LogP contribution < -0.4 is 19.1 Å². The Balaban J connectivity index is 1.59. The molecule has 31 heavy (non-hydrogen) atoms. The van der Waals surface area contributed by atoms with Crippen LogP contribution in [-0.4, -0.2) is 35.1 Å². The van der Waals surface area contributed by atoms with Crippen LogP contribution in [0.5, 0.6) is 11.5 Å². The molecule has 0 aliphatic carbocycles. The lowest BCUT2D eigenvalue weighted by Gasteiger charge is -2.20. The van der Waals surface area contributed by atoms with Gasteiger partial charge in [0.05, 0.1) is 24.8 Å². The van der Waals surface area contributed by atoms with Crippen molar-refractivity contribution in [1.29, 1.82) is 0 Å². The molecule has 3 aromatic carbocycles. The normalized spacial score (nSPS) is 12.9. The summed E-state index contributed by atoms with van der Waals surface area (Å²) in [5.41, 5.74) is 2.42. The quantitative estimate of drug-likeness (QED) is 0.634. The molecule has 0 radical (unpaired) electrons. The summed E-state index contributed by atoms with van der Waals surface area (Å²) in [4.78, 5) is 12.8. The van der Waals surface area contributed by atoms with Crippen molar-refractivity contribution in [2.45, 2.75) is 11.3 Å². The second-order valence-corrected chi connectivity index (χ2v) is 8.87. The molecule has 0 atom stereocenters. The Kier molecular flexibility index (Phi) is 5.56. The molecule has 1 heterocycles. The number of ether oxygens (including phenoxy) is 2. The van der Waals surface area contributed by atoms with Crippen LogP contribution in [0.4, 0.5) is 11.4 Å². The topological polar surface area (TPSA) is 84.9 Å². The molecule has 0 saturated heterocycles. The highest BCUT2D eigenvalue weighted by molar-refractivity contribution is 7.92. The number of hydrogen-bond donors (Lipinski definition) is 1. The average molecular weight is 439 g/mol. The van der Waals surface area contributed by atoms with E-state index in [0.29, 0.717) is 35.8 Å². The van der Waals surface area contributed by atoms with Gasteiger partial charge >= 0.3 is 0 Å². The van der Waals surface area contributed by atoms with E-state index < -0.39 is 15.9 Å². The van der Waals surface area contributed by atoms with Gasteiger partial charge in [0.25, 0.3) is 15.9 Å². The van der Waals surface area contributed by atoms with Crippen molar-refractivity contribution in [3.05, 3.63) is 77.9 Å². The van der Waals surface area contributed by atoms with Crippen LogP contribution in [-0.2, 0) is 16.4 Å². The fraction of sp³-hybridized carbons (Fsp3) is 0.174. The van der Waals surface area contributed by atoms with E-state index in [4.69, 9.17) is 9.47 Å². The standard InChI is InChI=1S/C23H22N2O5S/c1-29-21-11-10-18(15-22(21)30-2)24-23(26)17-7-5-8-19(14-17)31(27,28)25-13-12-16-6-3-4-9-20(16)25/h3-11,14-15H,12-13H2,1-2H3,(H,24,26). The number of methoxy groups -OCH3 is 2. The first kappa shape index (κ1) is 20.7. The van der Waals surface area contributed by atoms with Gasteiger partial charge < -0.3 is 14.8 Å². The number of benzene rings is 3. The van der Waals surface area contributed by atoms with Crippen molar-refractivity contribution in [3.63, 3.8) is 0 Å². The van der Waals surface area contributed by atoms with Gasteiger partial charge in [0, 0.05) is 23.9 Å². The maximum Gasteiger partial charge on any atom is 0.264 e. The van der Waals surface area contributed by atoms with Crippen LogP contribution in [0.3, 0.4) is 0 Å². The second-order valence-electron chi connectivity index (χ2n) is 7.01. The molecule has 8 heteroatoms. The number of nitrogens with zero attached hydrogens (tertiary/aromatic N) is 1. The number of rotatable bonds is 6.